The number of hydrogen-bond donors (Lipinski definition) is 1. The first kappa shape index (κ1) is 13.8. The van der Waals surface area contributed by atoms with Crippen LogP contribution in [-0.2, 0) is 9.84 Å². The molecule has 0 aliphatic carbocycles. The Labute approximate surface area is 132 Å². The van der Waals surface area contributed by atoms with Crippen molar-refractivity contribution in [3.8, 4) is 11.3 Å². The molecule has 0 fully saturated rings. The minimum absolute atomic E-state index is 0.0567. The second-order valence-corrected chi connectivity index (χ2v) is 7.32. The van der Waals surface area contributed by atoms with Gasteiger partial charge in [0.15, 0.2) is 14.9 Å². The van der Waals surface area contributed by atoms with E-state index in [9.17, 15) is 8.42 Å². The lowest BCUT2D eigenvalue weighted by atomic mass is 10.1. The number of hydrogen-bond acceptors (Lipinski definition) is 5. The van der Waals surface area contributed by atoms with E-state index in [1.165, 1.54) is 12.3 Å². The Hall–Kier alpha value is -2.80. The van der Waals surface area contributed by atoms with Crippen molar-refractivity contribution in [2.75, 3.05) is 6.26 Å². The number of nitrogens with zero attached hydrogens (tertiary/aromatic N) is 3. The Kier molecular flexibility index (Phi) is 2.92. The number of sulfone groups is 1. The number of fused-ring (bicyclic) bond motifs is 2. The summed E-state index contributed by atoms with van der Waals surface area (Å²) in [6, 6.07) is 11.1. The molecule has 23 heavy (non-hydrogen) atoms. The zero-order valence-corrected chi connectivity index (χ0v) is 13.0. The maximum atomic E-state index is 11.5. The molecule has 114 valence electrons. The fourth-order valence-corrected chi connectivity index (χ4v) is 3.04. The molecular weight excluding hydrogens is 312 g/mol. The van der Waals surface area contributed by atoms with Crippen molar-refractivity contribution in [1.29, 1.82) is 0 Å². The fourth-order valence-electron chi connectivity index (χ4n) is 2.48. The molecule has 0 amide bonds. The Morgan fingerprint density at radius 1 is 1.00 bits per heavy atom. The van der Waals surface area contributed by atoms with Crippen molar-refractivity contribution in [1.82, 2.24) is 20.2 Å². The summed E-state index contributed by atoms with van der Waals surface area (Å²) in [6.45, 7) is 0. The summed E-state index contributed by atoms with van der Waals surface area (Å²) in [4.78, 5) is 8.63. The van der Waals surface area contributed by atoms with Crippen molar-refractivity contribution < 1.29 is 8.42 Å². The van der Waals surface area contributed by atoms with Gasteiger partial charge < -0.3 is 0 Å². The third-order valence-corrected chi connectivity index (χ3v) is 4.66. The quantitative estimate of drug-likeness (QED) is 0.612. The van der Waals surface area contributed by atoms with Gasteiger partial charge in [0.25, 0.3) is 0 Å². The van der Waals surface area contributed by atoms with Crippen molar-refractivity contribution in [2.24, 2.45) is 0 Å². The zero-order valence-electron chi connectivity index (χ0n) is 12.2. The zero-order chi connectivity index (χ0) is 16.0. The number of pyridine rings is 2. The molecule has 0 aliphatic rings. The van der Waals surface area contributed by atoms with Crippen LogP contribution < -0.4 is 0 Å². The average Bonchev–Trinajstić information content (AvgIpc) is 2.98. The van der Waals surface area contributed by atoms with Crippen LogP contribution in [0.5, 0.6) is 0 Å². The third kappa shape index (κ3) is 2.44. The van der Waals surface area contributed by atoms with Crippen LogP contribution in [0.4, 0.5) is 0 Å². The van der Waals surface area contributed by atoms with Gasteiger partial charge in [-0.05, 0) is 30.3 Å². The largest absolute Gasteiger partial charge is 0.278 e. The van der Waals surface area contributed by atoms with Crippen molar-refractivity contribution in [3.05, 3.63) is 48.8 Å². The maximum absolute atomic E-state index is 11.5. The highest BCUT2D eigenvalue weighted by molar-refractivity contribution is 7.90. The van der Waals surface area contributed by atoms with Gasteiger partial charge in [-0.25, -0.2) is 18.4 Å². The standard InChI is InChI=1S/C16H12N4O2S/c1-23(21,22)16-5-3-11(8-17-16)13-4-2-10-6-12-9-18-20-15(12)7-14(10)19-13/h2-9H,1H3,(H,18,20). The molecule has 0 aliphatic heterocycles. The molecule has 0 unspecified atom stereocenters. The highest BCUT2D eigenvalue weighted by Crippen LogP contribution is 2.24. The predicted octanol–water partition coefficient (Wildman–Crippen LogP) is 2.58. The van der Waals surface area contributed by atoms with E-state index in [-0.39, 0.29) is 5.03 Å². The average molecular weight is 324 g/mol. The van der Waals surface area contributed by atoms with Crippen LogP contribution in [-0.4, -0.2) is 34.8 Å². The van der Waals surface area contributed by atoms with Crippen LogP contribution >= 0.6 is 0 Å². The van der Waals surface area contributed by atoms with Crippen LogP contribution in [0.25, 0.3) is 33.1 Å². The van der Waals surface area contributed by atoms with Gasteiger partial charge in [-0.15, -0.1) is 0 Å². The van der Waals surface area contributed by atoms with Crippen molar-refractivity contribution >= 4 is 31.6 Å². The molecule has 3 heterocycles. The molecule has 4 rings (SSSR count). The van der Waals surface area contributed by atoms with E-state index in [1.54, 1.807) is 12.3 Å². The Bertz CT molecular complexity index is 1130. The molecule has 1 aromatic carbocycles. The molecular formula is C16H12N4O2S. The van der Waals surface area contributed by atoms with Gasteiger partial charge in [-0.3, -0.25) is 5.10 Å². The van der Waals surface area contributed by atoms with Gasteiger partial charge in [0.1, 0.15) is 0 Å². The number of aromatic amines is 1. The maximum Gasteiger partial charge on any atom is 0.192 e. The number of rotatable bonds is 2. The number of aromatic nitrogens is 4. The summed E-state index contributed by atoms with van der Waals surface area (Å²) >= 11 is 0. The minimum Gasteiger partial charge on any atom is -0.278 e. The lowest BCUT2D eigenvalue weighted by Crippen LogP contribution is -2.00. The summed E-state index contributed by atoms with van der Waals surface area (Å²) in [5.41, 5.74) is 3.27. The number of nitrogens with one attached hydrogen (secondary N) is 1. The summed E-state index contributed by atoms with van der Waals surface area (Å²) in [6.07, 6.45) is 4.44. The van der Waals surface area contributed by atoms with Gasteiger partial charge in [0.2, 0.25) is 0 Å². The molecule has 0 bridgehead atoms. The summed E-state index contributed by atoms with van der Waals surface area (Å²) in [7, 11) is -3.30. The van der Waals surface area contributed by atoms with Crippen LogP contribution in [0, 0.1) is 0 Å². The van der Waals surface area contributed by atoms with Gasteiger partial charge in [-0.2, -0.15) is 5.10 Å². The molecule has 3 aromatic heterocycles. The van der Waals surface area contributed by atoms with E-state index in [4.69, 9.17) is 0 Å². The second-order valence-electron chi connectivity index (χ2n) is 5.36. The predicted molar refractivity (Wildman–Crippen MR) is 87.7 cm³/mol. The first-order chi connectivity index (χ1) is 11.0. The van der Waals surface area contributed by atoms with Gasteiger partial charge in [-0.1, -0.05) is 6.07 Å². The van der Waals surface area contributed by atoms with Crippen LogP contribution in [0.1, 0.15) is 0 Å². The third-order valence-electron chi connectivity index (χ3n) is 3.66. The lowest BCUT2D eigenvalue weighted by Gasteiger charge is -2.04. The smallest absolute Gasteiger partial charge is 0.192 e. The Balaban J connectivity index is 1.83. The van der Waals surface area contributed by atoms with Crippen LogP contribution in [0.2, 0.25) is 0 Å². The normalized spacial score (nSPS) is 12.0. The van der Waals surface area contributed by atoms with Crippen molar-refractivity contribution in [2.45, 2.75) is 5.03 Å². The first-order valence-corrected chi connectivity index (χ1v) is 8.80. The summed E-state index contributed by atoms with van der Waals surface area (Å²) in [5, 5.41) is 9.05. The van der Waals surface area contributed by atoms with Crippen LogP contribution in [0.3, 0.4) is 0 Å². The number of H-pyrrole nitrogens is 1. The van der Waals surface area contributed by atoms with E-state index >= 15 is 0 Å². The molecule has 0 spiro atoms. The van der Waals surface area contributed by atoms with E-state index < -0.39 is 9.84 Å². The SMILES string of the molecule is CS(=O)(=O)c1ccc(-c2ccc3cc4cn[nH]c4cc3n2)cn1. The summed E-state index contributed by atoms with van der Waals surface area (Å²) < 4.78 is 22.9. The molecule has 1 N–H and O–H groups in total. The summed E-state index contributed by atoms with van der Waals surface area (Å²) in [5.74, 6) is 0. The van der Waals surface area contributed by atoms with E-state index in [1.807, 2.05) is 24.3 Å². The molecule has 0 saturated heterocycles. The molecule has 4 aromatic rings. The van der Waals surface area contributed by atoms with Crippen molar-refractivity contribution in [3.63, 3.8) is 0 Å². The van der Waals surface area contributed by atoms with Gasteiger partial charge in [0.05, 0.1) is 22.9 Å². The molecule has 0 saturated carbocycles. The highest BCUT2D eigenvalue weighted by atomic mass is 32.2. The monoisotopic (exact) mass is 324 g/mol. The number of benzene rings is 1. The molecule has 6 nitrogen and oxygen atoms in total. The lowest BCUT2D eigenvalue weighted by molar-refractivity contribution is 0.598. The highest BCUT2D eigenvalue weighted by Gasteiger charge is 2.10. The molecule has 7 heteroatoms. The topological polar surface area (TPSA) is 88.6 Å². The molecule has 0 atom stereocenters. The van der Waals surface area contributed by atoms with E-state index in [0.717, 1.165) is 39.3 Å². The minimum atomic E-state index is -3.30. The second kappa shape index (κ2) is 4.85. The Morgan fingerprint density at radius 3 is 2.61 bits per heavy atom. The van der Waals surface area contributed by atoms with E-state index in [2.05, 4.69) is 20.2 Å². The molecule has 0 radical (unpaired) electrons. The Morgan fingerprint density at radius 2 is 1.87 bits per heavy atom. The van der Waals surface area contributed by atoms with E-state index in [0.29, 0.717) is 0 Å². The van der Waals surface area contributed by atoms with Crippen LogP contribution in [0.15, 0.2) is 53.8 Å². The van der Waals surface area contributed by atoms with Gasteiger partial charge >= 0.3 is 0 Å². The first-order valence-electron chi connectivity index (χ1n) is 6.91. The fraction of sp³-hybridized carbons (Fsp3) is 0.0625. The van der Waals surface area contributed by atoms with Gasteiger partial charge in [0, 0.05) is 28.8 Å².